The van der Waals surface area contributed by atoms with Gasteiger partial charge in [0.25, 0.3) is 0 Å². The van der Waals surface area contributed by atoms with Crippen LogP contribution < -0.4 is 14.2 Å². The van der Waals surface area contributed by atoms with Gasteiger partial charge < -0.3 is 14.5 Å². The summed E-state index contributed by atoms with van der Waals surface area (Å²) < 4.78 is 7.51. The molecule has 1 aliphatic heterocycles. The number of rotatable bonds is 5. The van der Waals surface area contributed by atoms with Gasteiger partial charge in [0, 0.05) is 38.3 Å². The SMILES string of the molecule is COc1ccccc1N1CCN(C(=O)CC[n+]2ccc(C)cc2)CC1. The number of aromatic nitrogens is 1. The van der Waals surface area contributed by atoms with E-state index in [1.165, 1.54) is 5.56 Å². The van der Waals surface area contributed by atoms with Crippen LogP contribution in [0.15, 0.2) is 48.8 Å². The van der Waals surface area contributed by atoms with Gasteiger partial charge in [-0.1, -0.05) is 12.1 Å². The molecular formula is C20H26N3O2+. The zero-order chi connectivity index (χ0) is 17.6. The van der Waals surface area contributed by atoms with E-state index in [2.05, 4.69) is 34.6 Å². The van der Waals surface area contributed by atoms with Gasteiger partial charge >= 0.3 is 0 Å². The number of hydrogen-bond donors (Lipinski definition) is 0. The molecule has 0 bridgehead atoms. The summed E-state index contributed by atoms with van der Waals surface area (Å²) in [7, 11) is 1.70. The number of carbonyl (C=O) groups is 1. The maximum Gasteiger partial charge on any atom is 0.229 e. The Balaban J connectivity index is 1.51. The first-order valence-electron chi connectivity index (χ1n) is 8.79. The van der Waals surface area contributed by atoms with Gasteiger partial charge in [0.1, 0.15) is 5.75 Å². The number of aryl methyl sites for hydroxylation is 2. The van der Waals surface area contributed by atoms with E-state index in [1.54, 1.807) is 7.11 Å². The minimum absolute atomic E-state index is 0.229. The first-order chi connectivity index (χ1) is 12.2. The molecule has 0 atom stereocenters. The van der Waals surface area contributed by atoms with Crippen molar-refractivity contribution in [2.45, 2.75) is 19.9 Å². The van der Waals surface area contributed by atoms with E-state index in [0.717, 1.165) is 44.2 Å². The molecule has 3 rings (SSSR count). The zero-order valence-electron chi connectivity index (χ0n) is 15.0. The quantitative estimate of drug-likeness (QED) is 0.782. The van der Waals surface area contributed by atoms with Gasteiger partial charge in [-0.2, -0.15) is 0 Å². The molecule has 2 heterocycles. The summed E-state index contributed by atoms with van der Waals surface area (Å²) in [6.45, 7) is 5.99. The van der Waals surface area contributed by atoms with Gasteiger partial charge in [0.2, 0.25) is 5.91 Å². The Bertz CT molecular complexity index is 707. The van der Waals surface area contributed by atoms with Crippen LogP contribution in [0.2, 0.25) is 0 Å². The highest BCUT2D eigenvalue weighted by atomic mass is 16.5. The third kappa shape index (κ3) is 4.29. The van der Waals surface area contributed by atoms with E-state index in [9.17, 15) is 4.79 Å². The number of anilines is 1. The smallest absolute Gasteiger partial charge is 0.229 e. The summed E-state index contributed by atoms with van der Waals surface area (Å²) in [5, 5.41) is 0. The van der Waals surface area contributed by atoms with Crippen LogP contribution in [-0.4, -0.2) is 44.1 Å². The lowest BCUT2D eigenvalue weighted by molar-refractivity contribution is -0.696. The molecule has 5 nitrogen and oxygen atoms in total. The van der Waals surface area contributed by atoms with E-state index in [0.29, 0.717) is 6.42 Å². The van der Waals surface area contributed by atoms with E-state index in [-0.39, 0.29) is 5.91 Å². The zero-order valence-corrected chi connectivity index (χ0v) is 15.0. The second-order valence-electron chi connectivity index (χ2n) is 6.40. The highest BCUT2D eigenvalue weighted by Gasteiger charge is 2.23. The van der Waals surface area contributed by atoms with Gasteiger partial charge in [0.05, 0.1) is 19.2 Å². The predicted molar refractivity (Wildman–Crippen MR) is 97.8 cm³/mol. The lowest BCUT2D eigenvalue weighted by atomic mass is 10.2. The number of carbonyl (C=O) groups excluding carboxylic acids is 1. The second-order valence-corrected chi connectivity index (χ2v) is 6.40. The number of pyridine rings is 1. The average Bonchev–Trinajstić information content (AvgIpc) is 2.67. The fraction of sp³-hybridized carbons (Fsp3) is 0.400. The van der Waals surface area contributed by atoms with Crippen molar-refractivity contribution in [3.63, 3.8) is 0 Å². The molecule has 0 saturated carbocycles. The topological polar surface area (TPSA) is 36.7 Å². The van der Waals surface area contributed by atoms with Crippen molar-refractivity contribution in [1.29, 1.82) is 0 Å². The molecule has 25 heavy (non-hydrogen) atoms. The maximum absolute atomic E-state index is 12.5. The van der Waals surface area contributed by atoms with Gasteiger partial charge in [-0.15, -0.1) is 0 Å². The van der Waals surface area contributed by atoms with Gasteiger partial charge in [0.15, 0.2) is 18.9 Å². The van der Waals surface area contributed by atoms with Crippen molar-refractivity contribution >= 4 is 11.6 Å². The van der Waals surface area contributed by atoms with Crippen molar-refractivity contribution in [3.05, 3.63) is 54.4 Å². The fourth-order valence-corrected chi connectivity index (χ4v) is 3.15. The van der Waals surface area contributed by atoms with Crippen LogP contribution in [0.3, 0.4) is 0 Å². The molecule has 1 fully saturated rings. The molecular weight excluding hydrogens is 314 g/mol. The summed E-state index contributed by atoms with van der Waals surface area (Å²) in [5.74, 6) is 1.12. The Morgan fingerprint density at radius 1 is 1.08 bits per heavy atom. The van der Waals surface area contributed by atoms with Crippen LogP contribution in [0.1, 0.15) is 12.0 Å². The van der Waals surface area contributed by atoms with Crippen LogP contribution in [0.4, 0.5) is 5.69 Å². The Morgan fingerprint density at radius 3 is 2.44 bits per heavy atom. The monoisotopic (exact) mass is 340 g/mol. The van der Waals surface area contributed by atoms with Crippen molar-refractivity contribution < 1.29 is 14.1 Å². The third-order valence-electron chi connectivity index (χ3n) is 4.70. The molecule has 0 N–H and O–H groups in total. The van der Waals surface area contributed by atoms with E-state index in [1.807, 2.05) is 35.5 Å². The summed E-state index contributed by atoms with van der Waals surface area (Å²) in [5.41, 5.74) is 2.34. The molecule has 0 radical (unpaired) electrons. The first-order valence-corrected chi connectivity index (χ1v) is 8.79. The van der Waals surface area contributed by atoms with Crippen LogP contribution in [0, 0.1) is 6.92 Å². The van der Waals surface area contributed by atoms with Gasteiger partial charge in [-0.25, -0.2) is 4.57 Å². The van der Waals surface area contributed by atoms with Crippen LogP contribution in [-0.2, 0) is 11.3 Å². The van der Waals surface area contributed by atoms with Crippen molar-refractivity contribution in [3.8, 4) is 5.75 Å². The number of ether oxygens (including phenoxy) is 1. The van der Waals surface area contributed by atoms with E-state index in [4.69, 9.17) is 4.74 Å². The van der Waals surface area contributed by atoms with Crippen molar-refractivity contribution in [2.75, 3.05) is 38.2 Å². The molecule has 1 aromatic carbocycles. The molecule has 132 valence electrons. The number of para-hydroxylation sites is 2. The number of piperazine rings is 1. The minimum atomic E-state index is 0.229. The highest BCUT2D eigenvalue weighted by molar-refractivity contribution is 5.76. The number of amides is 1. The standard InChI is InChI=1S/C20H26N3O2/c1-17-7-10-21(11-8-17)12-9-20(24)23-15-13-22(14-16-23)18-5-3-4-6-19(18)25-2/h3-8,10-11H,9,12-16H2,1-2H3/q+1. The molecule has 5 heteroatoms. The van der Waals surface area contributed by atoms with Crippen LogP contribution >= 0.6 is 0 Å². The lowest BCUT2D eigenvalue weighted by Crippen LogP contribution is -2.49. The normalized spacial score (nSPS) is 14.5. The summed E-state index contributed by atoms with van der Waals surface area (Å²) in [6.07, 6.45) is 4.60. The maximum atomic E-state index is 12.5. The highest BCUT2D eigenvalue weighted by Crippen LogP contribution is 2.28. The molecule has 0 spiro atoms. The average molecular weight is 340 g/mol. The fourth-order valence-electron chi connectivity index (χ4n) is 3.15. The Labute approximate surface area is 149 Å². The Hall–Kier alpha value is -2.56. The van der Waals surface area contributed by atoms with E-state index >= 15 is 0 Å². The lowest BCUT2D eigenvalue weighted by Gasteiger charge is -2.36. The van der Waals surface area contributed by atoms with E-state index < -0.39 is 0 Å². The number of methoxy groups -OCH3 is 1. The first kappa shape index (κ1) is 17.3. The number of nitrogens with zero attached hydrogens (tertiary/aromatic N) is 3. The summed E-state index contributed by atoms with van der Waals surface area (Å²) in [6, 6.07) is 12.2. The predicted octanol–water partition coefficient (Wildman–Crippen LogP) is 2.03. The van der Waals surface area contributed by atoms with Crippen LogP contribution in [0.5, 0.6) is 5.75 Å². The molecule has 0 aliphatic carbocycles. The summed E-state index contributed by atoms with van der Waals surface area (Å²) >= 11 is 0. The molecule has 1 saturated heterocycles. The van der Waals surface area contributed by atoms with Gasteiger partial charge in [-0.3, -0.25) is 4.79 Å². The third-order valence-corrected chi connectivity index (χ3v) is 4.70. The molecule has 2 aromatic rings. The molecule has 0 unspecified atom stereocenters. The number of benzene rings is 1. The molecule has 1 aliphatic rings. The molecule has 1 amide bonds. The van der Waals surface area contributed by atoms with Crippen LogP contribution in [0.25, 0.3) is 0 Å². The number of hydrogen-bond acceptors (Lipinski definition) is 3. The summed E-state index contributed by atoms with van der Waals surface area (Å²) in [4.78, 5) is 16.7. The van der Waals surface area contributed by atoms with Gasteiger partial charge in [-0.05, 0) is 24.6 Å². The largest absolute Gasteiger partial charge is 0.495 e. The van der Waals surface area contributed by atoms with Crippen molar-refractivity contribution in [1.82, 2.24) is 4.90 Å². The Morgan fingerprint density at radius 2 is 1.76 bits per heavy atom. The molecule has 1 aromatic heterocycles. The Kier molecular flexibility index (Phi) is 5.53. The minimum Gasteiger partial charge on any atom is -0.495 e. The second kappa shape index (κ2) is 8.01. The van der Waals surface area contributed by atoms with Crippen molar-refractivity contribution in [2.24, 2.45) is 0 Å².